The molecule has 0 saturated carbocycles. The molecule has 1 aliphatic heterocycles. The van der Waals surface area contributed by atoms with Crippen LogP contribution >= 0.6 is 0 Å². The molecule has 1 N–H and O–H groups in total. The lowest BCUT2D eigenvalue weighted by atomic mass is 10.2. The molecule has 1 amide bonds. The van der Waals surface area contributed by atoms with E-state index in [0.29, 0.717) is 0 Å². The van der Waals surface area contributed by atoms with Gasteiger partial charge in [0, 0.05) is 32.5 Å². The van der Waals surface area contributed by atoms with Gasteiger partial charge >= 0.3 is 6.43 Å². The summed E-state index contributed by atoms with van der Waals surface area (Å²) < 4.78 is 54.2. The van der Waals surface area contributed by atoms with Crippen LogP contribution in [0.5, 0.6) is 0 Å². The molecule has 1 fully saturated rings. The van der Waals surface area contributed by atoms with E-state index < -0.39 is 22.3 Å². The number of hydrogen-bond acceptors (Lipinski definition) is 6. The lowest BCUT2D eigenvalue weighted by molar-refractivity contribution is -0.130. The van der Waals surface area contributed by atoms with E-state index >= 15 is 0 Å². The summed E-state index contributed by atoms with van der Waals surface area (Å²) in [7, 11) is -3.33. The molecule has 21 heavy (non-hydrogen) atoms. The van der Waals surface area contributed by atoms with Crippen LogP contribution in [-0.4, -0.2) is 54.8 Å². The van der Waals surface area contributed by atoms with Gasteiger partial charge < -0.3 is 9.32 Å². The van der Waals surface area contributed by atoms with Gasteiger partial charge in [0.25, 0.3) is 5.89 Å². The number of sulfonamides is 1. The molecule has 1 aliphatic rings. The van der Waals surface area contributed by atoms with Crippen molar-refractivity contribution in [1.29, 1.82) is 0 Å². The molecule has 1 aromatic rings. The first-order valence-electron chi connectivity index (χ1n) is 6.23. The van der Waals surface area contributed by atoms with Crippen molar-refractivity contribution >= 4 is 15.9 Å². The zero-order chi connectivity index (χ0) is 15.5. The number of halogens is 2. The van der Waals surface area contributed by atoms with Gasteiger partial charge in [0.05, 0.1) is 5.75 Å². The first-order valence-corrected chi connectivity index (χ1v) is 7.88. The van der Waals surface area contributed by atoms with E-state index in [1.165, 1.54) is 4.90 Å². The summed E-state index contributed by atoms with van der Waals surface area (Å²) >= 11 is 0. The zero-order valence-electron chi connectivity index (χ0n) is 11.0. The number of carbonyl (C=O) groups excluding carboxylic acids is 1. The van der Waals surface area contributed by atoms with Crippen LogP contribution in [-0.2, 0) is 21.2 Å². The Kier molecular flexibility index (Phi) is 4.83. The van der Waals surface area contributed by atoms with Gasteiger partial charge in [-0.2, -0.15) is 8.78 Å². The summed E-state index contributed by atoms with van der Waals surface area (Å²) in [5.74, 6) is -1.26. The highest BCUT2D eigenvalue weighted by Crippen LogP contribution is 2.17. The first kappa shape index (κ1) is 15.8. The van der Waals surface area contributed by atoms with E-state index in [1.54, 1.807) is 0 Å². The van der Waals surface area contributed by atoms with Crippen LogP contribution < -0.4 is 4.72 Å². The average Bonchev–Trinajstić information content (AvgIpc) is 2.81. The fourth-order valence-electron chi connectivity index (χ4n) is 1.83. The Morgan fingerprint density at radius 3 is 2.81 bits per heavy atom. The molecule has 1 aromatic heterocycles. The average molecular weight is 324 g/mol. The summed E-state index contributed by atoms with van der Waals surface area (Å²) in [6.07, 6.45) is -2.82. The van der Waals surface area contributed by atoms with Gasteiger partial charge in [-0.3, -0.25) is 4.79 Å². The van der Waals surface area contributed by atoms with E-state index in [-0.39, 0.29) is 50.0 Å². The standard InChI is InChI=1S/C10H14F2N4O4S/c11-9(12)10-15-14-7(20-10)1-2-8(17)16-4-3-13-21(18,19)6-5-16/h9,13H,1-6H2. The lowest BCUT2D eigenvalue weighted by Gasteiger charge is -2.18. The van der Waals surface area contributed by atoms with Gasteiger partial charge in [0.15, 0.2) is 0 Å². The Morgan fingerprint density at radius 2 is 2.14 bits per heavy atom. The molecule has 118 valence electrons. The molecule has 0 bridgehead atoms. The summed E-state index contributed by atoms with van der Waals surface area (Å²) in [6, 6.07) is 0. The summed E-state index contributed by atoms with van der Waals surface area (Å²) in [4.78, 5) is 13.3. The topological polar surface area (TPSA) is 105 Å². The number of alkyl halides is 2. The highest BCUT2D eigenvalue weighted by atomic mass is 32.2. The number of amides is 1. The Morgan fingerprint density at radius 1 is 1.38 bits per heavy atom. The zero-order valence-corrected chi connectivity index (χ0v) is 11.8. The molecule has 0 spiro atoms. The van der Waals surface area contributed by atoms with Crippen molar-refractivity contribution in [2.45, 2.75) is 19.3 Å². The molecule has 0 atom stereocenters. The fourth-order valence-corrected chi connectivity index (χ4v) is 2.83. The minimum atomic E-state index is -3.33. The second kappa shape index (κ2) is 6.43. The smallest absolute Gasteiger partial charge is 0.314 e. The number of rotatable bonds is 4. The molecular formula is C10H14F2N4O4S. The predicted octanol–water partition coefficient (Wildman–Crippen LogP) is -0.299. The Labute approximate surface area is 119 Å². The summed E-state index contributed by atoms with van der Waals surface area (Å²) in [5.41, 5.74) is 0. The van der Waals surface area contributed by atoms with Crippen LogP contribution in [0.15, 0.2) is 4.42 Å². The number of aromatic nitrogens is 2. The summed E-state index contributed by atoms with van der Waals surface area (Å²) in [6.45, 7) is 0.522. The van der Waals surface area contributed by atoms with Crippen molar-refractivity contribution in [3.05, 3.63) is 11.8 Å². The third-order valence-corrected chi connectivity index (χ3v) is 4.27. The Balaban J connectivity index is 1.86. The number of carbonyl (C=O) groups is 1. The first-order chi connectivity index (χ1) is 9.87. The minimum Gasteiger partial charge on any atom is -0.420 e. The second-order valence-electron chi connectivity index (χ2n) is 4.43. The molecule has 2 heterocycles. The molecule has 0 unspecified atom stereocenters. The van der Waals surface area contributed by atoms with Crippen LogP contribution in [0.4, 0.5) is 8.78 Å². The number of nitrogens with zero attached hydrogens (tertiary/aromatic N) is 3. The quantitative estimate of drug-likeness (QED) is 0.815. The van der Waals surface area contributed by atoms with Crippen LogP contribution in [0, 0.1) is 0 Å². The molecule has 8 nitrogen and oxygen atoms in total. The van der Waals surface area contributed by atoms with Crippen molar-refractivity contribution in [3.8, 4) is 0 Å². The van der Waals surface area contributed by atoms with E-state index in [2.05, 4.69) is 19.3 Å². The number of aryl methyl sites for hydroxylation is 1. The molecule has 11 heteroatoms. The largest absolute Gasteiger partial charge is 0.420 e. The van der Waals surface area contributed by atoms with Gasteiger partial charge in [0.2, 0.25) is 21.8 Å². The van der Waals surface area contributed by atoms with Crippen molar-refractivity contribution in [1.82, 2.24) is 19.8 Å². The monoisotopic (exact) mass is 324 g/mol. The maximum atomic E-state index is 12.3. The van der Waals surface area contributed by atoms with Crippen LogP contribution in [0.2, 0.25) is 0 Å². The van der Waals surface area contributed by atoms with Crippen molar-refractivity contribution < 1.29 is 26.4 Å². The Bertz CT molecular complexity index is 604. The van der Waals surface area contributed by atoms with Crippen molar-refractivity contribution in [2.75, 3.05) is 25.4 Å². The van der Waals surface area contributed by atoms with Crippen LogP contribution in [0.25, 0.3) is 0 Å². The van der Waals surface area contributed by atoms with Crippen LogP contribution in [0.3, 0.4) is 0 Å². The van der Waals surface area contributed by atoms with E-state index in [0.717, 1.165) is 0 Å². The molecular weight excluding hydrogens is 310 g/mol. The summed E-state index contributed by atoms with van der Waals surface area (Å²) in [5, 5.41) is 6.58. The third-order valence-electron chi connectivity index (χ3n) is 2.91. The van der Waals surface area contributed by atoms with Crippen LogP contribution in [0.1, 0.15) is 24.6 Å². The maximum absolute atomic E-state index is 12.3. The number of nitrogens with one attached hydrogen (secondary N) is 1. The molecule has 2 rings (SSSR count). The maximum Gasteiger partial charge on any atom is 0.314 e. The highest BCUT2D eigenvalue weighted by Gasteiger charge is 2.22. The van der Waals surface area contributed by atoms with Gasteiger partial charge in [-0.05, 0) is 0 Å². The normalized spacial score (nSPS) is 18.7. The highest BCUT2D eigenvalue weighted by molar-refractivity contribution is 7.89. The lowest BCUT2D eigenvalue weighted by Crippen LogP contribution is -2.34. The molecule has 0 aliphatic carbocycles. The molecule has 1 saturated heterocycles. The fraction of sp³-hybridized carbons (Fsp3) is 0.700. The van der Waals surface area contributed by atoms with E-state index in [1.807, 2.05) is 0 Å². The molecule has 0 radical (unpaired) electrons. The van der Waals surface area contributed by atoms with Crippen molar-refractivity contribution in [2.24, 2.45) is 0 Å². The van der Waals surface area contributed by atoms with E-state index in [4.69, 9.17) is 0 Å². The predicted molar refractivity (Wildman–Crippen MR) is 65.9 cm³/mol. The minimum absolute atomic E-state index is 0.00901. The van der Waals surface area contributed by atoms with Gasteiger partial charge in [-0.1, -0.05) is 0 Å². The third kappa shape index (κ3) is 4.43. The van der Waals surface area contributed by atoms with Gasteiger partial charge in [-0.25, -0.2) is 13.1 Å². The van der Waals surface area contributed by atoms with Gasteiger partial charge in [0.1, 0.15) is 0 Å². The second-order valence-corrected chi connectivity index (χ2v) is 6.36. The SMILES string of the molecule is O=C(CCc1nnc(C(F)F)o1)N1CCNS(=O)(=O)CC1. The van der Waals surface area contributed by atoms with Crippen molar-refractivity contribution in [3.63, 3.8) is 0 Å². The number of hydrogen-bond donors (Lipinski definition) is 1. The Hall–Kier alpha value is -1.62. The molecule has 0 aromatic carbocycles. The van der Waals surface area contributed by atoms with E-state index in [9.17, 15) is 22.0 Å². The van der Waals surface area contributed by atoms with Gasteiger partial charge in [-0.15, -0.1) is 10.2 Å².